The van der Waals surface area contributed by atoms with Gasteiger partial charge in [-0.25, -0.2) is 4.39 Å². The Hall–Kier alpha value is -3.47. The Morgan fingerprint density at radius 3 is 2.36 bits per heavy atom. The van der Waals surface area contributed by atoms with Crippen LogP contribution in [0.15, 0.2) is 72.8 Å². The average Bonchev–Trinajstić information content (AvgIpc) is 2.84. The summed E-state index contributed by atoms with van der Waals surface area (Å²) in [5, 5.41) is 3.14. The van der Waals surface area contributed by atoms with Gasteiger partial charge in [-0.15, -0.1) is 0 Å². The van der Waals surface area contributed by atoms with Crippen molar-refractivity contribution in [2.45, 2.75) is 58.9 Å². The first-order valence-corrected chi connectivity index (χ1v) is 12.6. The lowest BCUT2D eigenvalue weighted by Gasteiger charge is -2.47. The highest BCUT2D eigenvalue weighted by Gasteiger charge is 2.49. The van der Waals surface area contributed by atoms with Crippen LogP contribution in [-0.2, 0) is 10.2 Å². The summed E-state index contributed by atoms with van der Waals surface area (Å²) < 4.78 is 14.8. The van der Waals surface area contributed by atoms with Gasteiger partial charge in [0.15, 0.2) is 0 Å². The number of benzene rings is 3. The number of hydrogen-bond acceptors (Lipinski definition) is 2. The van der Waals surface area contributed by atoms with Crippen molar-refractivity contribution < 1.29 is 14.0 Å². The van der Waals surface area contributed by atoms with E-state index >= 15 is 0 Å². The standard InChI is InChI=1S/C31H35FN2O2/c1-21-12-9-17-25(32)26(21)28(35)34-19-11-18-31(5,27(34)22-13-7-6-8-14-22)29(36)33-24-16-10-15-23(20-24)30(2,3)4/h6-10,12-17,20,27H,11,18-19H2,1-5H3,(H,33,36). The van der Waals surface area contributed by atoms with Crippen LogP contribution < -0.4 is 5.32 Å². The molecule has 1 N–H and O–H groups in total. The van der Waals surface area contributed by atoms with E-state index in [9.17, 15) is 14.0 Å². The first-order valence-electron chi connectivity index (χ1n) is 12.6. The van der Waals surface area contributed by atoms with Gasteiger partial charge in [0.05, 0.1) is 17.0 Å². The van der Waals surface area contributed by atoms with E-state index in [1.165, 1.54) is 6.07 Å². The van der Waals surface area contributed by atoms with Gasteiger partial charge in [0.2, 0.25) is 5.91 Å². The molecule has 3 aromatic carbocycles. The molecule has 1 aliphatic heterocycles. The summed E-state index contributed by atoms with van der Waals surface area (Å²) in [6, 6.07) is 21.6. The van der Waals surface area contributed by atoms with E-state index in [-0.39, 0.29) is 22.8 Å². The summed E-state index contributed by atoms with van der Waals surface area (Å²) in [4.78, 5) is 29.4. The van der Waals surface area contributed by atoms with Crippen molar-refractivity contribution in [3.05, 3.63) is 101 Å². The van der Waals surface area contributed by atoms with E-state index in [2.05, 4.69) is 32.2 Å². The molecule has 0 radical (unpaired) electrons. The van der Waals surface area contributed by atoms with Gasteiger partial charge in [-0.3, -0.25) is 9.59 Å². The highest BCUT2D eigenvalue weighted by atomic mass is 19.1. The van der Waals surface area contributed by atoms with E-state index in [0.717, 1.165) is 16.8 Å². The molecule has 4 nitrogen and oxygen atoms in total. The summed E-state index contributed by atoms with van der Waals surface area (Å²) in [6.45, 7) is 10.5. The lowest BCUT2D eigenvalue weighted by atomic mass is 9.70. The number of nitrogens with zero attached hydrogens (tertiary/aromatic N) is 1. The molecule has 2 amide bonds. The minimum atomic E-state index is -0.911. The zero-order chi connectivity index (χ0) is 26.1. The zero-order valence-corrected chi connectivity index (χ0v) is 21.8. The van der Waals surface area contributed by atoms with E-state index in [0.29, 0.717) is 24.9 Å². The third-order valence-electron chi connectivity index (χ3n) is 7.33. The quantitative estimate of drug-likeness (QED) is 0.429. The van der Waals surface area contributed by atoms with Crippen molar-refractivity contribution >= 4 is 17.5 Å². The molecule has 188 valence electrons. The van der Waals surface area contributed by atoms with E-state index in [1.54, 1.807) is 24.0 Å². The maximum atomic E-state index is 14.8. The maximum absolute atomic E-state index is 14.8. The number of aryl methyl sites for hydroxylation is 1. The number of hydrogen-bond donors (Lipinski definition) is 1. The number of carbonyl (C=O) groups excluding carboxylic acids is 2. The van der Waals surface area contributed by atoms with Crippen LogP contribution in [0.2, 0.25) is 0 Å². The highest BCUT2D eigenvalue weighted by molar-refractivity contribution is 5.99. The van der Waals surface area contributed by atoms with Gasteiger partial charge in [-0.1, -0.05) is 75.4 Å². The second kappa shape index (κ2) is 9.88. The first-order chi connectivity index (χ1) is 17.0. The Bertz CT molecular complexity index is 1240. The number of piperidine rings is 1. The Balaban J connectivity index is 1.74. The summed E-state index contributed by atoms with van der Waals surface area (Å²) in [5.41, 5.74) is 2.41. The molecule has 2 unspecified atom stereocenters. The van der Waals surface area contributed by atoms with Crippen molar-refractivity contribution in [3.8, 4) is 0 Å². The Labute approximate surface area is 213 Å². The first kappa shape index (κ1) is 25.6. The molecule has 1 fully saturated rings. The summed E-state index contributed by atoms with van der Waals surface area (Å²) >= 11 is 0. The monoisotopic (exact) mass is 486 g/mol. The van der Waals surface area contributed by atoms with E-state index in [1.807, 2.05) is 55.5 Å². The predicted octanol–water partition coefficient (Wildman–Crippen LogP) is 7.05. The molecule has 2 atom stereocenters. The van der Waals surface area contributed by atoms with Gasteiger partial charge in [0.25, 0.3) is 5.91 Å². The lowest BCUT2D eigenvalue weighted by molar-refractivity contribution is -0.130. The van der Waals surface area contributed by atoms with Crippen molar-refractivity contribution in [2.24, 2.45) is 5.41 Å². The number of nitrogens with one attached hydrogen (secondary N) is 1. The molecule has 0 aliphatic carbocycles. The summed E-state index contributed by atoms with van der Waals surface area (Å²) in [5.74, 6) is -1.07. The van der Waals surface area contributed by atoms with Crippen LogP contribution in [0.5, 0.6) is 0 Å². The molecule has 0 saturated carbocycles. The fourth-order valence-corrected chi connectivity index (χ4v) is 5.25. The zero-order valence-electron chi connectivity index (χ0n) is 21.8. The fraction of sp³-hybridized carbons (Fsp3) is 0.355. The van der Waals surface area contributed by atoms with Crippen molar-refractivity contribution in [3.63, 3.8) is 0 Å². The molecular weight excluding hydrogens is 451 g/mol. The van der Waals surface area contributed by atoms with Gasteiger partial charge in [0.1, 0.15) is 5.82 Å². The molecule has 1 aliphatic rings. The van der Waals surface area contributed by atoms with Crippen molar-refractivity contribution in [1.29, 1.82) is 0 Å². The molecule has 36 heavy (non-hydrogen) atoms. The average molecular weight is 487 g/mol. The SMILES string of the molecule is Cc1cccc(F)c1C(=O)N1CCCC(C)(C(=O)Nc2cccc(C(C)(C)C)c2)C1c1ccccc1. The molecule has 4 rings (SSSR count). The van der Waals surface area contributed by atoms with Crippen LogP contribution in [0, 0.1) is 18.2 Å². The minimum Gasteiger partial charge on any atom is -0.330 e. The third kappa shape index (κ3) is 4.92. The number of anilines is 1. The van der Waals surface area contributed by atoms with Crippen LogP contribution in [0.3, 0.4) is 0 Å². The van der Waals surface area contributed by atoms with E-state index < -0.39 is 17.3 Å². The maximum Gasteiger partial charge on any atom is 0.257 e. The van der Waals surface area contributed by atoms with Crippen LogP contribution in [0.25, 0.3) is 0 Å². The van der Waals surface area contributed by atoms with Crippen LogP contribution >= 0.6 is 0 Å². The highest BCUT2D eigenvalue weighted by Crippen LogP contribution is 2.47. The second-order valence-electron chi connectivity index (χ2n) is 11.0. The molecule has 5 heteroatoms. The molecule has 0 spiro atoms. The molecule has 3 aromatic rings. The van der Waals surface area contributed by atoms with Gasteiger partial charge < -0.3 is 10.2 Å². The Kier molecular flexibility index (Phi) is 7.03. The molecule has 0 aromatic heterocycles. The van der Waals surface area contributed by atoms with Gasteiger partial charge in [0, 0.05) is 12.2 Å². The topological polar surface area (TPSA) is 49.4 Å². The molecule has 1 saturated heterocycles. The van der Waals surface area contributed by atoms with Gasteiger partial charge in [-0.05, 0) is 67.0 Å². The Morgan fingerprint density at radius 2 is 1.69 bits per heavy atom. The van der Waals surface area contributed by atoms with E-state index in [4.69, 9.17) is 0 Å². The summed E-state index contributed by atoms with van der Waals surface area (Å²) in [6.07, 6.45) is 1.26. The normalized spacial score (nSPS) is 20.2. The molecular formula is C31H35FN2O2. The fourth-order valence-electron chi connectivity index (χ4n) is 5.25. The second-order valence-corrected chi connectivity index (χ2v) is 11.0. The van der Waals surface area contributed by atoms with Gasteiger partial charge in [-0.2, -0.15) is 0 Å². The lowest BCUT2D eigenvalue weighted by Crippen LogP contribution is -2.52. The van der Waals surface area contributed by atoms with Crippen molar-refractivity contribution in [2.75, 3.05) is 11.9 Å². The number of halogens is 1. The minimum absolute atomic E-state index is 0.0527. The number of likely N-dealkylation sites (tertiary alicyclic amines) is 1. The van der Waals surface area contributed by atoms with Crippen molar-refractivity contribution in [1.82, 2.24) is 4.90 Å². The summed E-state index contributed by atoms with van der Waals surface area (Å²) in [7, 11) is 0. The molecule has 1 heterocycles. The number of rotatable bonds is 4. The van der Waals surface area contributed by atoms with Crippen LogP contribution in [0.1, 0.15) is 73.6 Å². The smallest absolute Gasteiger partial charge is 0.257 e. The number of carbonyl (C=O) groups is 2. The van der Waals surface area contributed by atoms with Gasteiger partial charge >= 0.3 is 0 Å². The van der Waals surface area contributed by atoms with Crippen LogP contribution in [-0.4, -0.2) is 23.3 Å². The Morgan fingerprint density at radius 1 is 1.00 bits per heavy atom. The third-order valence-corrected chi connectivity index (χ3v) is 7.33. The predicted molar refractivity (Wildman–Crippen MR) is 142 cm³/mol. The van der Waals surface area contributed by atoms with Crippen LogP contribution in [0.4, 0.5) is 10.1 Å². The molecule has 0 bridgehead atoms. The largest absolute Gasteiger partial charge is 0.330 e. The number of amides is 2.